The Morgan fingerprint density at radius 2 is 1.95 bits per heavy atom. The van der Waals surface area contributed by atoms with Crippen LogP contribution in [-0.2, 0) is 4.74 Å². The summed E-state index contributed by atoms with van der Waals surface area (Å²) in [5.41, 5.74) is 1.64. The van der Waals surface area contributed by atoms with E-state index in [9.17, 15) is 4.79 Å². The first-order chi connectivity index (χ1) is 9.16. The molecule has 1 atom stereocenters. The van der Waals surface area contributed by atoms with E-state index in [2.05, 4.69) is 4.90 Å². The van der Waals surface area contributed by atoms with Gasteiger partial charge in [0.25, 0.3) is 0 Å². The van der Waals surface area contributed by atoms with Gasteiger partial charge in [0, 0.05) is 6.54 Å². The smallest absolute Gasteiger partial charge is 0.338 e. The van der Waals surface area contributed by atoms with Crippen LogP contribution in [-0.4, -0.2) is 36.6 Å². The molecule has 0 aromatic heterocycles. The predicted molar refractivity (Wildman–Crippen MR) is 76.3 cm³/mol. The standard InChI is InChI=1S/C16H23NO2/c1-13-8-4-5-9-15(13)16(18)19-14(2)12-17-10-6-3-7-11-17/h4-5,8-9,14H,3,6-7,10-12H2,1-2H3/t14-/m0/s1. The van der Waals surface area contributed by atoms with Crippen molar-refractivity contribution >= 4 is 5.97 Å². The molecule has 0 unspecified atom stereocenters. The van der Waals surface area contributed by atoms with Crippen molar-refractivity contribution in [3.05, 3.63) is 35.4 Å². The van der Waals surface area contributed by atoms with E-state index in [1.165, 1.54) is 19.3 Å². The van der Waals surface area contributed by atoms with Gasteiger partial charge in [-0.15, -0.1) is 0 Å². The maximum atomic E-state index is 12.1. The summed E-state index contributed by atoms with van der Waals surface area (Å²) in [7, 11) is 0. The Morgan fingerprint density at radius 3 is 2.63 bits per heavy atom. The lowest BCUT2D eigenvalue weighted by atomic mass is 10.1. The SMILES string of the molecule is Cc1ccccc1C(=O)O[C@@H](C)CN1CCCCC1. The van der Waals surface area contributed by atoms with Crippen molar-refractivity contribution in [2.75, 3.05) is 19.6 Å². The molecule has 0 spiro atoms. The zero-order valence-corrected chi connectivity index (χ0v) is 11.9. The summed E-state index contributed by atoms with van der Waals surface area (Å²) < 4.78 is 5.54. The largest absolute Gasteiger partial charge is 0.458 e. The van der Waals surface area contributed by atoms with Gasteiger partial charge in [0.15, 0.2) is 0 Å². The molecular formula is C16H23NO2. The molecule has 0 amide bonds. The van der Waals surface area contributed by atoms with Crippen LogP contribution in [0.15, 0.2) is 24.3 Å². The summed E-state index contributed by atoms with van der Waals surface area (Å²) >= 11 is 0. The van der Waals surface area contributed by atoms with Gasteiger partial charge < -0.3 is 4.74 Å². The van der Waals surface area contributed by atoms with Gasteiger partial charge >= 0.3 is 5.97 Å². The highest BCUT2D eigenvalue weighted by Gasteiger charge is 2.17. The highest BCUT2D eigenvalue weighted by Crippen LogP contribution is 2.12. The normalized spacial score (nSPS) is 18.0. The number of likely N-dealkylation sites (tertiary alicyclic amines) is 1. The Hall–Kier alpha value is -1.35. The van der Waals surface area contributed by atoms with Crippen molar-refractivity contribution in [2.24, 2.45) is 0 Å². The van der Waals surface area contributed by atoms with Crippen LogP contribution in [0.2, 0.25) is 0 Å². The van der Waals surface area contributed by atoms with E-state index in [1.54, 1.807) is 0 Å². The summed E-state index contributed by atoms with van der Waals surface area (Å²) in [4.78, 5) is 14.5. The van der Waals surface area contributed by atoms with Gasteiger partial charge in [-0.05, 0) is 51.4 Å². The molecule has 104 valence electrons. The fraction of sp³-hybridized carbons (Fsp3) is 0.562. The van der Waals surface area contributed by atoms with Gasteiger partial charge in [0.2, 0.25) is 0 Å². The molecule has 3 heteroatoms. The lowest BCUT2D eigenvalue weighted by molar-refractivity contribution is 0.0235. The molecule has 1 aromatic rings. The molecule has 3 nitrogen and oxygen atoms in total. The Morgan fingerprint density at radius 1 is 1.26 bits per heavy atom. The van der Waals surface area contributed by atoms with E-state index in [0.717, 1.165) is 25.2 Å². The van der Waals surface area contributed by atoms with Gasteiger partial charge in [-0.2, -0.15) is 0 Å². The van der Waals surface area contributed by atoms with Crippen molar-refractivity contribution in [3.8, 4) is 0 Å². The third-order valence-corrected chi connectivity index (χ3v) is 3.64. The summed E-state index contributed by atoms with van der Waals surface area (Å²) in [6.07, 6.45) is 3.80. The molecule has 1 aliphatic heterocycles. The molecule has 0 radical (unpaired) electrons. The Kier molecular flexibility index (Phi) is 4.97. The Bertz CT molecular complexity index is 425. The van der Waals surface area contributed by atoms with Gasteiger partial charge in [0.05, 0.1) is 5.56 Å². The number of esters is 1. The van der Waals surface area contributed by atoms with E-state index in [4.69, 9.17) is 4.74 Å². The second-order valence-corrected chi connectivity index (χ2v) is 5.39. The number of ether oxygens (including phenoxy) is 1. The average Bonchev–Trinajstić information content (AvgIpc) is 2.40. The number of rotatable bonds is 4. The average molecular weight is 261 g/mol. The van der Waals surface area contributed by atoms with Gasteiger partial charge in [0.1, 0.15) is 6.10 Å². The van der Waals surface area contributed by atoms with Crippen molar-refractivity contribution in [1.82, 2.24) is 4.90 Å². The highest BCUT2D eigenvalue weighted by atomic mass is 16.5. The van der Waals surface area contributed by atoms with Crippen LogP contribution in [0.3, 0.4) is 0 Å². The molecule has 1 fully saturated rings. The number of carbonyl (C=O) groups excluding carboxylic acids is 1. The first-order valence-electron chi connectivity index (χ1n) is 7.16. The van der Waals surface area contributed by atoms with E-state index in [1.807, 2.05) is 38.1 Å². The second-order valence-electron chi connectivity index (χ2n) is 5.39. The lowest BCUT2D eigenvalue weighted by Gasteiger charge is -2.28. The van der Waals surface area contributed by atoms with Crippen LogP contribution < -0.4 is 0 Å². The monoisotopic (exact) mass is 261 g/mol. The van der Waals surface area contributed by atoms with E-state index in [0.29, 0.717) is 5.56 Å². The van der Waals surface area contributed by atoms with Crippen molar-refractivity contribution in [3.63, 3.8) is 0 Å². The summed E-state index contributed by atoms with van der Waals surface area (Å²) in [6.45, 7) is 7.02. The minimum Gasteiger partial charge on any atom is -0.458 e. The highest BCUT2D eigenvalue weighted by molar-refractivity contribution is 5.91. The number of carbonyl (C=O) groups is 1. The minimum atomic E-state index is -0.206. The molecule has 19 heavy (non-hydrogen) atoms. The van der Waals surface area contributed by atoms with E-state index >= 15 is 0 Å². The van der Waals surface area contributed by atoms with Gasteiger partial charge in [-0.25, -0.2) is 4.79 Å². The number of aryl methyl sites for hydroxylation is 1. The molecule has 0 bridgehead atoms. The minimum absolute atomic E-state index is 0.0507. The zero-order chi connectivity index (χ0) is 13.7. The van der Waals surface area contributed by atoms with Crippen molar-refractivity contribution in [2.45, 2.75) is 39.2 Å². The number of benzene rings is 1. The first-order valence-corrected chi connectivity index (χ1v) is 7.16. The molecule has 0 N–H and O–H groups in total. The number of hydrogen-bond donors (Lipinski definition) is 0. The predicted octanol–water partition coefficient (Wildman–Crippen LogP) is 3.03. The molecule has 1 aromatic carbocycles. The second kappa shape index (κ2) is 6.71. The zero-order valence-electron chi connectivity index (χ0n) is 11.9. The number of hydrogen-bond acceptors (Lipinski definition) is 3. The van der Waals surface area contributed by atoms with Crippen molar-refractivity contribution in [1.29, 1.82) is 0 Å². The van der Waals surface area contributed by atoms with Crippen LogP contribution >= 0.6 is 0 Å². The van der Waals surface area contributed by atoms with Crippen LogP contribution in [0.4, 0.5) is 0 Å². The fourth-order valence-corrected chi connectivity index (χ4v) is 2.59. The summed E-state index contributed by atoms with van der Waals surface area (Å²) in [5, 5.41) is 0. The molecule has 1 heterocycles. The van der Waals surface area contributed by atoms with Gasteiger partial charge in [-0.1, -0.05) is 24.6 Å². The molecule has 0 aliphatic carbocycles. The molecule has 1 aliphatic rings. The van der Waals surface area contributed by atoms with Crippen LogP contribution in [0.1, 0.15) is 42.1 Å². The van der Waals surface area contributed by atoms with E-state index < -0.39 is 0 Å². The third kappa shape index (κ3) is 4.06. The van der Waals surface area contributed by atoms with E-state index in [-0.39, 0.29) is 12.1 Å². The number of nitrogens with zero attached hydrogens (tertiary/aromatic N) is 1. The first kappa shape index (κ1) is 14.1. The summed E-state index contributed by atoms with van der Waals surface area (Å²) in [6, 6.07) is 7.57. The van der Waals surface area contributed by atoms with Crippen LogP contribution in [0, 0.1) is 6.92 Å². The Balaban J connectivity index is 1.86. The van der Waals surface area contributed by atoms with Crippen LogP contribution in [0.5, 0.6) is 0 Å². The van der Waals surface area contributed by atoms with Gasteiger partial charge in [-0.3, -0.25) is 4.90 Å². The third-order valence-electron chi connectivity index (χ3n) is 3.64. The maximum Gasteiger partial charge on any atom is 0.338 e. The lowest BCUT2D eigenvalue weighted by Crippen LogP contribution is -2.37. The molecule has 0 saturated carbocycles. The molecule has 2 rings (SSSR count). The number of piperidine rings is 1. The maximum absolute atomic E-state index is 12.1. The molecular weight excluding hydrogens is 238 g/mol. The summed E-state index contributed by atoms with van der Waals surface area (Å²) in [5.74, 6) is -0.206. The topological polar surface area (TPSA) is 29.5 Å². The fourth-order valence-electron chi connectivity index (χ4n) is 2.59. The van der Waals surface area contributed by atoms with Crippen molar-refractivity contribution < 1.29 is 9.53 Å². The Labute approximate surface area is 115 Å². The quantitative estimate of drug-likeness (QED) is 0.780. The van der Waals surface area contributed by atoms with Crippen LogP contribution in [0.25, 0.3) is 0 Å². The molecule has 1 saturated heterocycles.